The molecule has 0 bridgehead atoms. The van der Waals surface area contributed by atoms with E-state index in [9.17, 15) is 19.2 Å². The van der Waals surface area contributed by atoms with E-state index in [2.05, 4.69) is 50.0 Å². The highest BCUT2D eigenvalue weighted by Crippen LogP contribution is 2.20. The number of ether oxygens (including phenoxy) is 6. The van der Waals surface area contributed by atoms with Crippen molar-refractivity contribution >= 4 is 24.8 Å². The van der Waals surface area contributed by atoms with Crippen molar-refractivity contribution in [3.8, 4) is 0 Å². The lowest BCUT2D eigenvalue weighted by Gasteiger charge is -2.37. The molecule has 26 nitrogen and oxygen atoms in total. The average Bonchev–Trinajstić information content (AvgIpc) is 3.42. The molecule has 478 valence electrons. The summed E-state index contributed by atoms with van der Waals surface area (Å²) in [4.78, 5) is 39.3. The van der Waals surface area contributed by atoms with E-state index in [1.807, 2.05) is 20.8 Å². The van der Waals surface area contributed by atoms with E-state index >= 15 is 0 Å². The minimum atomic E-state index is -1.57. The van der Waals surface area contributed by atoms with Crippen molar-refractivity contribution in [1.82, 2.24) is 0 Å². The molecule has 0 radical (unpaired) electrons. The van der Waals surface area contributed by atoms with Crippen molar-refractivity contribution in [2.24, 2.45) is 35.0 Å². The Labute approximate surface area is 475 Å². The summed E-state index contributed by atoms with van der Waals surface area (Å²) in [6.07, 6.45) is -8.08. The molecule has 3 aliphatic rings. The Morgan fingerprint density at radius 3 is 1.09 bits per heavy atom. The number of nitrogens with two attached hydrogens (primary N) is 3. The first kappa shape index (κ1) is 88.1. The van der Waals surface area contributed by atoms with E-state index in [1.165, 1.54) is 16.7 Å². The SMILES string of the molecule is C=C(C)CCOCCC.C=C(C)CCOCCC.C=C(C)CCOCCC.C[C@H](C=O)CN.C[C@H](C=O)CN.C[C@H](C=O)CN.O=C(O)C1OC(O)C[C@@H](O)C1O.OCC1OC(O)C[C@@H](O)C1O.OCC1OC(O)[C@H](O)[C@@H](O)C1O. The van der Waals surface area contributed by atoms with E-state index in [0.29, 0.717) is 19.6 Å². The minimum absolute atomic E-state index is 0.0162. The highest BCUT2D eigenvalue weighted by Gasteiger charge is 2.43. The van der Waals surface area contributed by atoms with Crippen LogP contribution in [0.25, 0.3) is 0 Å². The van der Waals surface area contributed by atoms with Gasteiger partial charge in [-0.1, -0.05) is 58.3 Å². The van der Waals surface area contributed by atoms with Crippen molar-refractivity contribution in [3.63, 3.8) is 0 Å². The zero-order chi connectivity index (χ0) is 63.3. The molecule has 0 amide bonds. The fourth-order valence-corrected chi connectivity index (χ4v) is 4.87. The zero-order valence-corrected chi connectivity index (χ0v) is 49.2. The first-order chi connectivity index (χ1) is 37.5. The number of rotatable bonds is 24. The molecule has 0 aromatic carbocycles. The van der Waals surface area contributed by atoms with Crippen LogP contribution in [-0.4, -0.2) is 244 Å². The zero-order valence-electron chi connectivity index (χ0n) is 49.2. The maximum Gasteiger partial charge on any atom is 0.335 e. The van der Waals surface area contributed by atoms with Crippen molar-refractivity contribution in [3.05, 3.63) is 36.5 Å². The smallest absolute Gasteiger partial charge is 0.335 e. The van der Waals surface area contributed by atoms with Gasteiger partial charge in [0, 0.05) is 70.1 Å². The maximum absolute atomic E-state index is 10.3. The summed E-state index contributed by atoms with van der Waals surface area (Å²) in [5.74, 6) is -1.31. The van der Waals surface area contributed by atoms with Crippen LogP contribution < -0.4 is 17.2 Å². The highest BCUT2D eigenvalue weighted by molar-refractivity contribution is 5.73. The van der Waals surface area contributed by atoms with Crippen molar-refractivity contribution < 1.29 is 114 Å². The topological polar surface area (TPSA) is 465 Å². The molecule has 0 saturated carbocycles. The fourth-order valence-electron chi connectivity index (χ4n) is 4.87. The molecule has 0 aliphatic carbocycles. The molecule has 0 aromatic rings. The Morgan fingerprint density at radius 2 is 0.825 bits per heavy atom. The molecule has 16 atom stereocenters. The maximum atomic E-state index is 10.3. The monoisotopic (exact) mass is 1170 g/mol. The molecule has 0 aromatic heterocycles. The Hall–Kier alpha value is -3.14. The molecule has 26 heteroatoms. The first-order valence-electron chi connectivity index (χ1n) is 26.8. The third-order valence-electron chi connectivity index (χ3n) is 10.2. The van der Waals surface area contributed by atoms with E-state index in [-0.39, 0.29) is 30.6 Å². The summed E-state index contributed by atoms with van der Waals surface area (Å²) in [6, 6.07) is 0. The second kappa shape index (κ2) is 59.0. The predicted molar refractivity (Wildman–Crippen MR) is 300 cm³/mol. The molecule has 9 unspecified atom stereocenters. The Bertz CT molecular complexity index is 1400. The lowest BCUT2D eigenvalue weighted by Crippen LogP contribution is -2.58. The number of aldehydes is 3. The molecular formula is C54H109N3O23. The standard InChI is InChI=1S/3C8H16O.C6H12O6.C6H10O6.C6H12O5.3C4H9NO/c3*1-4-6-9-7-5-8(2)3;7-1-2-3(8)4(9)5(10)6(11)12-2;7-2-1-3(8)12-5(4(2)9)6(10)11;7-2-4-6(10)3(8)1-5(9)11-4;3*1-4(2-5)3-6/h3*2,4-7H2,1,3H3;2-11H,1H2;2-5,7-9H,1H2,(H,10,11);3-10H,1-2H2;3*3-4H,2,5H2,1H3/t;;;2?,3?,4-,5+,6?;2-,3?,4?,5?;3-,4?,5?,6?;3*4-/m...011000/s1. The second-order valence-corrected chi connectivity index (χ2v) is 19.0. The Balaban J connectivity index is -0.000000195. The third-order valence-corrected chi connectivity index (χ3v) is 10.2. The molecule has 19 N–H and O–H groups in total. The number of carbonyl (C=O) groups excluding carboxylic acids is 3. The average molecular weight is 1170 g/mol. The minimum Gasteiger partial charge on any atom is -0.479 e. The van der Waals surface area contributed by atoms with Crippen LogP contribution in [0.15, 0.2) is 36.5 Å². The van der Waals surface area contributed by atoms with E-state index in [1.54, 1.807) is 20.8 Å². The summed E-state index contributed by atoms with van der Waals surface area (Å²) < 4.78 is 29.5. The van der Waals surface area contributed by atoms with Crippen LogP contribution >= 0.6 is 0 Å². The number of carboxylic acid groups (broad SMARTS) is 1. The van der Waals surface area contributed by atoms with Crippen LogP contribution in [0.2, 0.25) is 0 Å². The molecule has 3 heterocycles. The van der Waals surface area contributed by atoms with Crippen molar-refractivity contribution in [2.45, 2.75) is 194 Å². The third kappa shape index (κ3) is 54.1. The molecular weight excluding hydrogens is 1060 g/mol. The summed E-state index contributed by atoms with van der Waals surface area (Å²) in [5, 5.41) is 116. The largest absolute Gasteiger partial charge is 0.479 e. The van der Waals surface area contributed by atoms with Crippen molar-refractivity contribution in [2.75, 3.05) is 72.5 Å². The summed E-state index contributed by atoms with van der Waals surface area (Å²) in [7, 11) is 0. The number of aliphatic hydroxyl groups excluding tert-OH is 12. The highest BCUT2D eigenvalue weighted by atomic mass is 16.6. The van der Waals surface area contributed by atoms with Gasteiger partial charge in [-0.05, 0) is 59.3 Å². The summed E-state index contributed by atoms with van der Waals surface area (Å²) >= 11 is 0. The van der Waals surface area contributed by atoms with E-state index in [4.69, 9.17) is 103 Å². The molecule has 3 rings (SSSR count). The number of carboxylic acids is 1. The lowest BCUT2D eigenvalue weighted by atomic mass is 10.00. The summed E-state index contributed by atoms with van der Waals surface area (Å²) in [5.41, 5.74) is 18.8. The van der Waals surface area contributed by atoms with Gasteiger partial charge in [0.1, 0.15) is 61.6 Å². The number of aliphatic hydroxyl groups is 12. The van der Waals surface area contributed by atoms with Crippen LogP contribution in [0.4, 0.5) is 0 Å². The van der Waals surface area contributed by atoms with Crippen LogP contribution in [0.3, 0.4) is 0 Å². The summed E-state index contributed by atoms with van der Waals surface area (Å²) in [6.45, 7) is 34.7. The van der Waals surface area contributed by atoms with Crippen LogP contribution in [-0.2, 0) is 47.6 Å². The quantitative estimate of drug-likeness (QED) is 0.0312. The number of carbonyl (C=O) groups is 4. The van der Waals surface area contributed by atoms with Crippen molar-refractivity contribution in [1.29, 1.82) is 0 Å². The fraction of sp³-hybridized carbons (Fsp3) is 0.815. The Kier molecular flexibility index (Phi) is 65.0. The van der Waals surface area contributed by atoms with Crippen LogP contribution in [0.1, 0.15) is 114 Å². The van der Waals surface area contributed by atoms with Gasteiger partial charge in [-0.25, -0.2) is 4.79 Å². The van der Waals surface area contributed by atoms with Gasteiger partial charge < -0.3 is 126 Å². The molecule has 0 spiro atoms. The van der Waals surface area contributed by atoms with E-state index < -0.39 is 99.1 Å². The van der Waals surface area contributed by atoms with Gasteiger partial charge >= 0.3 is 5.97 Å². The lowest BCUT2D eigenvalue weighted by molar-refractivity contribution is -0.286. The molecule has 3 fully saturated rings. The predicted octanol–water partition coefficient (Wildman–Crippen LogP) is -1.04. The van der Waals surface area contributed by atoms with E-state index in [0.717, 1.165) is 97.0 Å². The first-order valence-corrected chi connectivity index (χ1v) is 26.8. The van der Waals surface area contributed by atoms with Gasteiger partial charge in [-0.2, -0.15) is 0 Å². The molecule has 3 saturated heterocycles. The normalized spacial score (nSPS) is 26.4. The van der Waals surface area contributed by atoms with Gasteiger partial charge in [-0.15, -0.1) is 19.7 Å². The van der Waals surface area contributed by atoms with Gasteiger partial charge in [-0.3, -0.25) is 0 Å². The van der Waals surface area contributed by atoms with Gasteiger partial charge in [0.2, 0.25) is 0 Å². The van der Waals surface area contributed by atoms with Crippen LogP contribution in [0.5, 0.6) is 0 Å². The molecule has 80 heavy (non-hydrogen) atoms. The van der Waals surface area contributed by atoms with Crippen LogP contribution in [0, 0.1) is 17.8 Å². The van der Waals surface area contributed by atoms with Gasteiger partial charge in [0.25, 0.3) is 0 Å². The van der Waals surface area contributed by atoms with Gasteiger partial charge in [0.15, 0.2) is 25.0 Å². The molecule has 3 aliphatic heterocycles. The van der Waals surface area contributed by atoms with Gasteiger partial charge in [0.05, 0.1) is 45.2 Å². The second-order valence-electron chi connectivity index (χ2n) is 19.0. The number of hydrogen-bond acceptors (Lipinski definition) is 25. The Morgan fingerprint density at radius 1 is 0.512 bits per heavy atom. The number of hydrogen-bond donors (Lipinski definition) is 16. The number of aliphatic carboxylic acids is 1.